The van der Waals surface area contributed by atoms with Crippen molar-refractivity contribution in [2.75, 3.05) is 23.8 Å². The van der Waals surface area contributed by atoms with E-state index in [1.54, 1.807) is 31.0 Å². The van der Waals surface area contributed by atoms with Gasteiger partial charge in [0.25, 0.3) is 5.69 Å². The molecule has 0 saturated heterocycles. The number of nitrogens with zero attached hydrogens (tertiary/aromatic N) is 2. The molecule has 1 amide bonds. The summed E-state index contributed by atoms with van der Waals surface area (Å²) in [6, 6.07) is 10.8. The predicted molar refractivity (Wildman–Crippen MR) is 95.6 cm³/mol. The van der Waals surface area contributed by atoms with Gasteiger partial charge in [-0.05, 0) is 43.5 Å². The van der Waals surface area contributed by atoms with E-state index in [9.17, 15) is 14.9 Å². The zero-order valence-corrected chi connectivity index (χ0v) is 14.3. The van der Waals surface area contributed by atoms with Crippen LogP contribution in [-0.4, -0.2) is 24.4 Å². The Hall–Kier alpha value is -2.89. The number of nitro groups is 1. The first-order valence-electron chi connectivity index (χ1n) is 7.62. The summed E-state index contributed by atoms with van der Waals surface area (Å²) >= 11 is 0. The number of aryl methyl sites for hydroxylation is 3. The molecule has 0 radical (unpaired) electrons. The van der Waals surface area contributed by atoms with Crippen molar-refractivity contribution in [3.8, 4) is 0 Å². The van der Waals surface area contributed by atoms with Crippen LogP contribution < -0.4 is 10.2 Å². The summed E-state index contributed by atoms with van der Waals surface area (Å²) in [5.41, 5.74) is 3.97. The van der Waals surface area contributed by atoms with E-state index >= 15 is 0 Å². The molecule has 0 heterocycles. The van der Waals surface area contributed by atoms with Gasteiger partial charge < -0.3 is 10.2 Å². The largest absolute Gasteiger partial charge is 0.360 e. The highest BCUT2D eigenvalue weighted by molar-refractivity contribution is 5.95. The zero-order chi connectivity index (χ0) is 17.9. The molecule has 0 fully saturated rings. The van der Waals surface area contributed by atoms with Gasteiger partial charge >= 0.3 is 0 Å². The van der Waals surface area contributed by atoms with Gasteiger partial charge in [0.15, 0.2) is 0 Å². The van der Waals surface area contributed by atoms with Gasteiger partial charge in [-0.1, -0.05) is 24.3 Å². The van der Waals surface area contributed by atoms with Crippen molar-refractivity contribution in [3.63, 3.8) is 0 Å². The maximum Gasteiger partial charge on any atom is 0.292 e. The number of para-hydroxylation sites is 1. The lowest BCUT2D eigenvalue weighted by molar-refractivity contribution is -0.384. The Balaban J connectivity index is 2.17. The SMILES string of the molecule is Cc1ccc(N(C)CC(=O)Nc2c(C)cccc2C)c([N+](=O)[O-])c1. The molecule has 1 N–H and O–H groups in total. The number of amides is 1. The fourth-order valence-corrected chi connectivity index (χ4v) is 2.59. The number of hydrogen-bond acceptors (Lipinski definition) is 4. The number of hydrogen-bond donors (Lipinski definition) is 1. The molecule has 0 bridgehead atoms. The number of anilines is 2. The number of nitrogens with one attached hydrogen (secondary N) is 1. The van der Waals surface area contributed by atoms with Gasteiger partial charge in [0.05, 0.1) is 11.5 Å². The van der Waals surface area contributed by atoms with Crippen LogP contribution in [0.5, 0.6) is 0 Å². The van der Waals surface area contributed by atoms with Gasteiger partial charge in [0, 0.05) is 18.8 Å². The third-order valence-corrected chi connectivity index (χ3v) is 3.87. The molecule has 0 aromatic heterocycles. The Bertz CT molecular complexity index is 767. The number of carbonyl (C=O) groups excluding carboxylic acids is 1. The standard InChI is InChI=1S/C18H21N3O3/c1-12-8-9-15(16(10-12)21(23)24)20(4)11-17(22)19-18-13(2)6-5-7-14(18)3/h5-10H,11H2,1-4H3,(H,19,22). The third kappa shape index (κ3) is 3.90. The van der Waals surface area contributed by atoms with Gasteiger partial charge in [-0.15, -0.1) is 0 Å². The number of benzene rings is 2. The first-order chi connectivity index (χ1) is 11.3. The fourth-order valence-electron chi connectivity index (χ4n) is 2.59. The number of likely N-dealkylation sites (N-methyl/N-ethyl adjacent to an activating group) is 1. The highest BCUT2D eigenvalue weighted by Gasteiger charge is 2.19. The van der Waals surface area contributed by atoms with Gasteiger partial charge in [0.2, 0.25) is 5.91 Å². The third-order valence-electron chi connectivity index (χ3n) is 3.87. The Morgan fingerprint density at radius 2 is 1.79 bits per heavy atom. The van der Waals surface area contributed by atoms with E-state index in [0.717, 1.165) is 22.4 Å². The first kappa shape index (κ1) is 17.5. The van der Waals surface area contributed by atoms with Crippen LogP contribution in [0.2, 0.25) is 0 Å². The Labute approximate surface area is 141 Å². The Morgan fingerprint density at radius 1 is 1.17 bits per heavy atom. The molecule has 126 valence electrons. The molecule has 24 heavy (non-hydrogen) atoms. The molecule has 0 aliphatic carbocycles. The second-order valence-corrected chi connectivity index (χ2v) is 5.92. The molecule has 2 aromatic rings. The summed E-state index contributed by atoms with van der Waals surface area (Å²) in [7, 11) is 1.67. The van der Waals surface area contributed by atoms with Crippen molar-refractivity contribution in [3.05, 3.63) is 63.2 Å². The van der Waals surface area contributed by atoms with Crippen LogP contribution in [-0.2, 0) is 4.79 Å². The lowest BCUT2D eigenvalue weighted by atomic mass is 10.1. The predicted octanol–water partition coefficient (Wildman–Crippen LogP) is 3.59. The number of carbonyl (C=O) groups is 1. The summed E-state index contributed by atoms with van der Waals surface area (Å²) in [4.78, 5) is 24.7. The van der Waals surface area contributed by atoms with Crippen LogP contribution in [0, 0.1) is 30.9 Å². The molecule has 2 aromatic carbocycles. The molecular formula is C18H21N3O3. The van der Waals surface area contributed by atoms with Crippen molar-refractivity contribution < 1.29 is 9.72 Å². The molecule has 6 nitrogen and oxygen atoms in total. The topological polar surface area (TPSA) is 75.5 Å². The van der Waals surface area contributed by atoms with E-state index in [1.807, 2.05) is 32.0 Å². The van der Waals surface area contributed by atoms with E-state index in [-0.39, 0.29) is 18.1 Å². The van der Waals surface area contributed by atoms with E-state index in [1.165, 1.54) is 6.07 Å². The monoisotopic (exact) mass is 327 g/mol. The normalized spacial score (nSPS) is 10.3. The Kier molecular flexibility index (Phi) is 5.18. The summed E-state index contributed by atoms with van der Waals surface area (Å²) in [6.45, 7) is 5.68. The lowest BCUT2D eigenvalue weighted by Gasteiger charge is -2.20. The Morgan fingerprint density at radius 3 is 2.38 bits per heavy atom. The minimum Gasteiger partial charge on any atom is -0.360 e. The van der Waals surface area contributed by atoms with Crippen LogP contribution in [0.1, 0.15) is 16.7 Å². The molecule has 0 atom stereocenters. The van der Waals surface area contributed by atoms with Crippen LogP contribution >= 0.6 is 0 Å². The molecule has 6 heteroatoms. The van der Waals surface area contributed by atoms with Crippen molar-refractivity contribution in [2.45, 2.75) is 20.8 Å². The smallest absolute Gasteiger partial charge is 0.292 e. The summed E-state index contributed by atoms with van der Waals surface area (Å²) in [6.07, 6.45) is 0. The van der Waals surface area contributed by atoms with Crippen molar-refractivity contribution >= 4 is 23.0 Å². The second-order valence-electron chi connectivity index (χ2n) is 5.92. The molecule has 0 spiro atoms. The average molecular weight is 327 g/mol. The number of rotatable bonds is 5. The average Bonchev–Trinajstić information content (AvgIpc) is 2.50. The number of nitro benzene ring substituents is 1. The minimum atomic E-state index is -0.428. The van der Waals surface area contributed by atoms with Crippen molar-refractivity contribution in [1.82, 2.24) is 0 Å². The molecule has 0 aliphatic heterocycles. The summed E-state index contributed by atoms with van der Waals surface area (Å²) in [5.74, 6) is -0.218. The van der Waals surface area contributed by atoms with Crippen LogP contribution in [0.15, 0.2) is 36.4 Å². The first-order valence-corrected chi connectivity index (χ1v) is 7.62. The van der Waals surface area contributed by atoms with Gasteiger partial charge in [-0.3, -0.25) is 14.9 Å². The quantitative estimate of drug-likeness (QED) is 0.672. The van der Waals surface area contributed by atoms with E-state index in [4.69, 9.17) is 0 Å². The maximum atomic E-state index is 12.3. The molecule has 0 aliphatic rings. The molecule has 0 saturated carbocycles. The van der Waals surface area contributed by atoms with E-state index < -0.39 is 4.92 Å². The van der Waals surface area contributed by atoms with Gasteiger partial charge in [-0.2, -0.15) is 0 Å². The highest BCUT2D eigenvalue weighted by atomic mass is 16.6. The van der Waals surface area contributed by atoms with E-state index in [0.29, 0.717) is 5.69 Å². The molecular weight excluding hydrogens is 306 g/mol. The molecule has 2 rings (SSSR count). The highest BCUT2D eigenvalue weighted by Crippen LogP contribution is 2.28. The van der Waals surface area contributed by atoms with Crippen LogP contribution in [0.4, 0.5) is 17.1 Å². The van der Waals surface area contributed by atoms with Gasteiger partial charge in [-0.25, -0.2) is 0 Å². The van der Waals surface area contributed by atoms with Crippen molar-refractivity contribution in [1.29, 1.82) is 0 Å². The summed E-state index contributed by atoms with van der Waals surface area (Å²) in [5, 5.41) is 14.1. The molecule has 0 unspecified atom stereocenters. The fraction of sp³-hybridized carbons (Fsp3) is 0.278. The second kappa shape index (κ2) is 7.12. The zero-order valence-electron chi connectivity index (χ0n) is 14.3. The lowest BCUT2D eigenvalue weighted by Crippen LogP contribution is -2.30. The maximum absolute atomic E-state index is 12.3. The van der Waals surface area contributed by atoms with Crippen LogP contribution in [0.3, 0.4) is 0 Å². The summed E-state index contributed by atoms with van der Waals surface area (Å²) < 4.78 is 0. The van der Waals surface area contributed by atoms with Crippen molar-refractivity contribution in [2.24, 2.45) is 0 Å². The minimum absolute atomic E-state index is 0.00243. The van der Waals surface area contributed by atoms with Gasteiger partial charge in [0.1, 0.15) is 5.69 Å². The van der Waals surface area contributed by atoms with E-state index in [2.05, 4.69) is 5.32 Å². The van der Waals surface area contributed by atoms with Crippen LogP contribution in [0.25, 0.3) is 0 Å².